The van der Waals surface area contributed by atoms with Gasteiger partial charge in [-0.2, -0.15) is 0 Å². The maximum Gasteiger partial charge on any atom is 0.264 e. The minimum atomic E-state index is -3.57. The van der Waals surface area contributed by atoms with E-state index in [1.54, 1.807) is 31.2 Å². The molecule has 0 heterocycles. The molecule has 0 spiro atoms. The third kappa shape index (κ3) is 3.96. The van der Waals surface area contributed by atoms with Gasteiger partial charge in [0.1, 0.15) is 0 Å². The molecule has 0 aliphatic heterocycles. The molecule has 0 fully saturated rings. The van der Waals surface area contributed by atoms with E-state index in [1.165, 1.54) is 6.07 Å². The average molecular weight is 388 g/mol. The molecular weight excluding hydrogens is 368 g/mol. The van der Waals surface area contributed by atoms with Crippen molar-refractivity contribution >= 4 is 41.6 Å². The Hall–Kier alpha value is -1.03. The Morgan fingerprint density at radius 3 is 2.29 bits per heavy atom. The van der Waals surface area contributed by atoms with Crippen LogP contribution in [-0.2, 0) is 9.09 Å². The number of aliphatic hydroxyl groups is 1. The highest BCUT2D eigenvalue weighted by molar-refractivity contribution is 7.67. The van der Waals surface area contributed by atoms with E-state index in [2.05, 4.69) is 0 Å². The molecular formula is C17H20Cl2NO3P. The van der Waals surface area contributed by atoms with Crippen LogP contribution in [0.2, 0.25) is 10.0 Å². The molecule has 1 N–H and O–H groups in total. The van der Waals surface area contributed by atoms with Crippen LogP contribution in [0, 0.1) is 0 Å². The van der Waals surface area contributed by atoms with E-state index in [0.717, 1.165) is 5.69 Å². The van der Waals surface area contributed by atoms with Crippen molar-refractivity contribution in [2.24, 2.45) is 0 Å². The Balaban J connectivity index is 2.47. The van der Waals surface area contributed by atoms with E-state index in [1.807, 2.05) is 31.1 Å². The molecule has 0 aliphatic carbocycles. The lowest BCUT2D eigenvalue weighted by atomic mass is 10.2. The largest absolute Gasteiger partial charge is 0.378 e. The molecule has 24 heavy (non-hydrogen) atoms. The summed E-state index contributed by atoms with van der Waals surface area (Å²) in [7, 11) is 0.265. The molecule has 0 aliphatic rings. The molecule has 2 rings (SSSR count). The molecule has 0 aromatic heterocycles. The zero-order chi connectivity index (χ0) is 17.9. The summed E-state index contributed by atoms with van der Waals surface area (Å²) in [5, 5.41) is 11.9. The van der Waals surface area contributed by atoms with Crippen molar-refractivity contribution in [2.45, 2.75) is 12.8 Å². The van der Waals surface area contributed by atoms with Crippen LogP contribution in [0.4, 0.5) is 5.69 Å². The quantitative estimate of drug-likeness (QED) is 0.730. The second-order valence-electron chi connectivity index (χ2n) is 5.47. The fourth-order valence-electron chi connectivity index (χ4n) is 2.33. The van der Waals surface area contributed by atoms with E-state index >= 15 is 0 Å². The van der Waals surface area contributed by atoms with Crippen LogP contribution < -0.4 is 10.2 Å². The van der Waals surface area contributed by atoms with Gasteiger partial charge in [0.05, 0.1) is 6.61 Å². The number of benzene rings is 2. The van der Waals surface area contributed by atoms with Gasteiger partial charge in [-0.05, 0) is 43.3 Å². The summed E-state index contributed by atoms with van der Waals surface area (Å²) in [6.07, 6.45) is 0. The van der Waals surface area contributed by atoms with Gasteiger partial charge in [-0.15, -0.1) is 0 Å². The summed E-state index contributed by atoms with van der Waals surface area (Å²) in [6.45, 7) is 1.94. The first-order chi connectivity index (χ1) is 11.3. The molecule has 0 unspecified atom stereocenters. The fraction of sp³-hybridized carbons (Fsp3) is 0.294. The number of halogens is 2. The van der Waals surface area contributed by atoms with Gasteiger partial charge < -0.3 is 14.5 Å². The van der Waals surface area contributed by atoms with Crippen molar-refractivity contribution in [1.29, 1.82) is 0 Å². The lowest BCUT2D eigenvalue weighted by Gasteiger charge is -2.25. The van der Waals surface area contributed by atoms with Crippen molar-refractivity contribution in [3.8, 4) is 0 Å². The first kappa shape index (κ1) is 19.3. The van der Waals surface area contributed by atoms with Crippen LogP contribution in [0.3, 0.4) is 0 Å². The summed E-state index contributed by atoms with van der Waals surface area (Å²) in [5.41, 5.74) is 1.29. The minimum absolute atomic E-state index is 0.203. The first-order valence-corrected chi connectivity index (χ1v) is 9.89. The van der Waals surface area contributed by atoms with Crippen LogP contribution in [0.25, 0.3) is 0 Å². The van der Waals surface area contributed by atoms with Gasteiger partial charge in [0, 0.05) is 40.7 Å². The van der Waals surface area contributed by atoms with E-state index in [0.29, 0.717) is 15.9 Å². The van der Waals surface area contributed by atoms with Gasteiger partial charge in [0.25, 0.3) is 7.37 Å². The zero-order valence-corrected chi connectivity index (χ0v) is 16.1. The van der Waals surface area contributed by atoms with Gasteiger partial charge >= 0.3 is 0 Å². The number of hydrogen-bond acceptors (Lipinski definition) is 4. The summed E-state index contributed by atoms with van der Waals surface area (Å²) in [5.74, 6) is -1.37. The number of aliphatic hydroxyl groups excluding tert-OH is 1. The molecule has 4 nitrogen and oxygen atoms in total. The van der Waals surface area contributed by atoms with E-state index < -0.39 is 13.2 Å². The first-order valence-electron chi connectivity index (χ1n) is 7.45. The highest BCUT2D eigenvalue weighted by Gasteiger charge is 2.37. The number of nitrogens with zero attached hydrogens (tertiary/aromatic N) is 1. The second-order valence-corrected chi connectivity index (χ2v) is 8.77. The smallest absolute Gasteiger partial charge is 0.264 e. The molecule has 2 atom stereocenters. The fourth-order valence-corrected chi connectivity index (χ4v) is 5.03. The summed E-state index contributed by atoms with van der Waals surface area (Å²) >= 11 is 12.0. The van der Waals surface area contributed by atoms with Crippen LogP contribution in [0.15, 0.2) is 42.5 Å². The predicted molar refractivity (Wildman–Crippen MR) is 101 cm³/mol. The maximum atomic E-state index is 13.5. The normalized spacial score (nSPS) is 14.9. The van der Waals surface area contributed by atoms with Crippen molar-refractivity contribution in [3.05, 3.63) is 58.1 Å². The average Bonchev–Trinajstić information content (AvgIpc) is 2.54. The monoisotopic (exact) mass is 387 g/mol. The van der Waals surface area contributed by atoms with Crippen molar-refractivity contribution in [1.82, 2.24) is 0 Å². The Bertz CT molecular complexity index is 750. The Morgan fingerprint density at radius 1 is 1.17 bits per heavy atom. The minimum Gasteiger partial charge on any atom is -0.378 e. The summed E-state index contributed by atoms with van der Waals surface area (Å²) in [4.78, 5) is 1.93. The van der Waals surface area contributed by atoms with Crippen LogP contribution in [0.1, 0.15) is 18.3 Å². The summed E-state index contributed by atoms with van der Waals surface area (Å²) < 4.78 is 19.0. The maximum absolute atomic E-state index is 13.5. The second kappa shape index (κ2) is 7.90. The Labute approximate surface area is 152 Å². The molecule has 0 saturated carbocycles. The zero-order valence-electron chi connectivity index (χ0n) is 13.7. The third-order valence-corrected chi connectivity index (χ3v) is 6.75. The van der Waals surface area contributed by atoms with Crippen LogP contribution in [0.5, 0.6) is 0 Å². The highest BCUT2D eigenvalue weighted by Crippen LogP contribution is 2.58. The van der Waals surface area contributed by atoms with E-state index in [4.69, 9.17) is 27.7 Å². The molecule has 0 radical (unpaired) electrons. The van der Waals surface area contributed by atoms with Crippen molar-refractivity contribution in [3.63, 3.8) is 0 Å². The number of anilines is 1. The predicted octanol–water partition coefficient (Wildman–Crippen LogP) is 4.69. The van der Waals surface area contributed by atoms with Crippen LogP contribution >= 0.6 is 30.6 Å². The molecule has 130 valence electrons. The SMILES string of the molecule is CCO[P@@](=O)(c1ccc(N(C)C)cc1)[C@H](O)c1ccc(Cl)cc1Cl. The van der Waals surface area contributed by atoms with Gasteiger partial charge in [0.15, 0.2) is 5.85 Å². The van der Waals surface area contributed by atoms with Gasteiger partial charge in [-0.3, -0.25) is 4.57 Å². The molecule has 0 bridgehead atoms. The van der Waals surface area contributed by atoms with Gasteiger partial charge in [-0.1, -0.05) is 29.3 Å². The third-order valence-electron chi connectivity index (χ3n) is 3.61. The highest BCUT2D eigenvalue weighted by atomic mass is 35.5. The Morgan fingerprint density at radius 2 is 1.79 bits per heavy atom. The van der Waals surface area contributed by atoms with E-state index in [-0.39, 0.29) is 11.6 Å². The molecule has 2 aromatic carbocycles. The number of rotatable bonds is 6. The van der Waals surface area contributed by atoms with E-state index in [9.17, 15) is 9.67 Å². The summed E-state index contributed by atoms with van der Waals surface area (Å²) in [6, 6.07) is 11.7. The Kier molecular flexibility index (Phi) is 6.35. The lowest BCUT2D eigenvalue weighted by molar-refractivity contribution is 0.218. The van der Waals surface area contributed by atoms with Crippen molar-refractivity contribution < 1.29 is 14.2 Å². The standard InChI is InChI=1S/C17H20Cl2NO3P/c1-4-23-24(22,14-8-6-13(7-9-14)20(2)3)17(21)15-10-5-12(18)11-16(15)19/h5-11,17,21H,4H2,1-3H3/t17-,24-/m0/s1. The molecule has 7 heteroatoms. The molecule has 2 aromatic rings. The lowest BCUT2D eigenvalue weighted by Crippen LogP contribution is -2.16. The topological polar surface area (TPSA) is 49.8 Å². The van der Waals surface area contributed by atoms with Gasteiger partial charge in [0.2, 0.25) is 0 Å². The molecule has 0 saturated heterocycles. The van der Waals surface area contributed by atoms with Crippen molar-refractivity contribution in [2.75, 3.05) is 25.6 Å². The number of hydrogen-bond donors (Lipinski definition) is 1. The van der Waals surface area contributed by atoms with Gasteiger partial charge in [-0.25, -0.2) is 0 Å². The van der Waals surface area contributed by atoms with Crippen LogP contribution in [-0.4, -0.2) is 25.8 Å². The molecule has 0 amide bonds.